The van der Waals surface area contributed by atoms with Crippen molar-refractivity contribution in [2.24, 2.45) is 0 Å². The summed E-state index contributed by atoms with van der Waals surface area (Å²) in [6, 6.07) is 14.3. The molecule has 0 amide bonds. The average Bonchev–Trinajstić information content (AvgIpc) is 3.32. The van der Waals surface area contributed by atoms with Crippen LogP contribution < -0.4 is 14.8 Å². The van der Waals surface area contributed by atoms with Crippen LogP contribution in [0.3, 0.4) is 0 Å². The number of thiocarbonyl (C=S) groups is 1. The Kier molecular flexibility index (Phi) is 8.29. The van der Waals surface area contributed by atoms with Gasteiger partial charge in [0.15, 0.2) is 5.11 Å². The molecule has 7 heteroatoms. The molecular weight excluding hydrogens is 408 g/mol. The van der Waals surface area contributed by atoms with Gasteiger partial charge >= 0.3 is 0 Å². The lowest BCUT2D eigenvalue weighted by Gasteiger charge is -2.27. The molecule has 0 unspecified atom stereocenters. The molecule has 0 aliphatic rings. The van der Waals surface area contributed by atoms with E-state index in [9.17, 15) is 0 Å². The van der Waals surface area contributed by atoms with E-state index in [0.717, 1.165) is 48.7 Å². The second-order valence-electron chi connectivity index (χ2n) is 7.23. The second-order valence-corrected chi connectivity index (χ2v) is 7.62. The number of aromatic nitrogens is 2. The van der Waals surface area contributed by atoms with Gasteiger partial charge in [-0.2, -0.15) is 0 Å². The number of nitrogens with zero attached hydrogens (tertiary/aromatic N) is 3. The summed E-state index contributed by atoms with van der Waals surface area (Å²) < 4.78 is 13.0. The fraction of sp³-hybridized carbons (Fsp3) is 0.333. The van der Waals surface area contributed by atoms with Gasteiger partial charge < -0.3 is 24.3 Å². The third-order valence-electron chi connectivity index (χ3n) is 5.16. The summed E-state index contributed by atoms with van der Waals surface area (Å²) in [7, 11) is 3.33. The second kappa shape index (κ2) is 11.4. The zero-order valence-corrected chi connectivity index (χ0v) is 19.2. The quantitative estimate of drug-likeness (QED) is 0.461. The first kappa shape index (κ1) is 22.6. The molecule has 2 aromatic carbocycles. The van der Waals surface area contributed by atoms with Crippen LogP contribution in [0.1, 0.15) is 24.5 Å². The van der Waals surface area contributed by atoms with Gasteiger partial charge in [-0.15, -0.1) is 0 Å². The number of rotatable bonds is 10. The number of aryl methyl sites for hydroxylation is 2. The van der Waals surface area contributed by atoms with Gasteiger partial charge in [-0.25, -0.2) is 4.98 Å². The SMILES string of the molecule is CCc1ccc(NC(=S)N(CCCn2ccnc2)Cc2ccc(OC)cc2OC)cc1. The summed E-state index contributed by atoms with van der Waals surface area (Å²) in [6.45, 7) is 4.46. The minimum Gasteiger partial charge on any atom is -0.497 e. The highest BCUT2D eigenvalue weighted by atomic mass is 32.1. The Balaban J connectivity index is 1.73. The predicted octanol–water partition coefficient (Wildman–Crippen LogP) is 4.75. The smallest absolute Gasteiger partial charge is 0.173 e. The normalized spacial score (nSPS) is 10.5. The number of methoxy groups -OCH3 is 2. The Labute approximate surface area is 189 Å². The van der Waals surface area contributed by atoms with Crippen molar-refractivity contribution in [1.82, 2.24) is 14.5 Å². The third-order valence-corrected chi connectivity index (χ3v) is 5.52. The first-order chi connectivity index (χ1) is 15.1. The molecule has 0 aliphatic heterocycles. The fourth-order valence-corrected chi connectivity index (χ4v) is 3.60. The molecule has 6 nitrogen and oxygen atoms in total. The lowest BCUT2D eigenvalue weighted by molar-refractivity contribution is 0.366. The Bertz CT molecular complexity index is 958. The molecule has 1 heterocycles. The van der Waals surface area contributed by atoms with Crippen molar-refractivity contribution in [3.05, 3.63) is 72.3 Å². The van der Waals surface area contributed by atoms with Gasteiger partial charge in [0.2, 0.25) is 0 Å². The molecule has 3 rings (SSSR count). The lowest BCUT2D eigenvalue weighted by Crippen LogP contribution is -2.35. The van der Waals surface area contributed by atoms with E-state index in [2.05, 4.69) is 51.0 Å². The standard InChI is InChI=1S/C24H30N4O2S/c1-4-19-6-9-21(10-7-19)26-24(31)28(14-5-13-27-15-12-25-18-27)17-20-8-11-22(29-2)16-23(20)30-3/h6-12,15-16,18H,4-5,13-14,17H2,1-3H3,(H,26,31). The minimum absolute atomic E-state index is 0.635. The van der Waals surface area contributed by atoms with E-state index in [1.165, 1.54) is 5.56 Å². The molecule has 0 saturated carbocycles. The molecule has 0 radical (unpaired) electrons. The molecule has 3 aromatic rings. The third kappa shape index (κ3) is 6.46. The van der Waals surface area contributed by atoms with E-state index >= 15 is 0 Å². The van der Waals surface area contributed by atoms with Crippen LogP contribution in [0.2, 0.25) is 0 Å². The molecule has 1 aromatic heterocycles. The summed E-state index contributed by atoms with van der Waals surface area (Å²) in [5.74, 6) is 1.55. The number of hydrogen-bond donors (Lipinski definition) is 1. The van der Waals surface area contributed by atoms with E-state index in [1.807, 2.05) is 30.7 Å². The van der Waals surface area contributed by atoms with Gasteiger partial charge in [0.05, 0.1) is 20.5 Å². The summed E-state index contributed by atoms with van der Waals surface area (Å²) in [6.07, 6.45) is 7.56. The summed E-state index contributed by atoms with van der Waals surface area (Å²) in [5.41, 5.74) is 3.34. The molecule has 0 aliphatic carbocycles. The Morgan fingerprint density at radius 3 is 2.58 bits per heavy atom. The minimum atomic E-state index is 0.635. The zero-order chi connectivity index (χ0) is 22.1. The van der Waals surface area contributed by atoms with Crippen LogP contribution in [0.25, 0.3) is 0 Å². The van der Waals surface area contributed by atoms with E-state index < -0.39 is 0 Å². The molecule has 0 saturated heterocycles. The molecule has 0 atom stereocenters. The van der Waals surface area contributed by atoms with Gasteiger partial charge in [0, 0.05) is 49.3 Å². The van der Waals surface area contributed by atoms with Crippen molar-refractivity contribution in [2.75, 3.05) is 26.1 Å². The van der Waals surface area contributed by atoms with Gasteiger partial charge in [-0.1, -0.05) is 19.1 Å². The van der Waals surface area contributed by atoms with E-state index in [1.54, 1.807) is 20.4 Å². The van der Waals surface area contributed by atoms with Crippen LogP contribution in [0.15, 0.2) is 61.2 Å². The number of nitrogens with one attached hydrogen (secondary N) is 1. The van der Waals surface area contributed by atoms with Crippen molar-refractivity contribution in [3.63, 3.8) is 0 Å². The van der Waals surface area contributed by atoms with Crippen molar-refractivity contribution in [3.8, 4) is 11.5 Å². The average molecular weight is 439 g/mol. The molecule has 0 spiro atoms. The van der Waals surface area contributed by atoms with Crippen molar-refractivity contribution in [1.29, 1.82) is 0 Å². The predicted molar refractivity (Wildman–Crippen MR) is 129 cm³/mol. The van der Waals surface area contributed by atoms with Crippen LogP contribution in [-0.4, -0.2) is 40.3 Å². The lowest BCUT2D eigenvalue weighted by atomic mass is 10.1. The summed E-state index contributed by atoms with van der Waals surface area (Å²) >= 11 is 5.79. The van der Waals surface area contributed by atoms with Crippen LogP contribution >= 0.6 is 12.2 Å². The van der Waals surface area contributed by atoms with Gasteiger partial charge in [-0.05, 0) is 54.9 Å². The largest absolute Gasteiger partial charge is 0.497 e. The van der Waals surface area contributed by atoms with E-state index in [4.69, 9.17) is 21.7 Å². The molecular formula is C24H30N4O2S. The number of imidazole rings is 1. The number of benzene rings is 2. The first-order valence-corrected chi connectivity index (χ1v) is 10.8. The number of hydrogen-bond acceptors (Lipinski definition) is 4. The highest BCUT2D eigenvalue weighted by Crippen LogP contribution is 2.26. The summed E-state index contributed by atoms with van der Waals surface area (Å²) in [5, 5.41) is 4.08. The molecule has 1 N–H and O–H groups in total. The van der Waals surface area contributed by atoms with Gasteiger partial charge in [0.1, 0.15) is 11.5 Å². The van der Waals surface area contributed by atoms with Crippen molar-refractivity contribution >= 4 is 23.0 Å². The van der Waals surface area contributed by atoms with Gasteiger partial charge in [-0.3, -0.25) is 0 Å². The van der Waals surface area contributed by atoms with Crippen LogP contribution in [0, 0.1) is 0 Å². The van der Waals surface area contributed by atoms with Gasteiger partial charge in [0.25, 0.3) is 0 Å². The topological polar surface area (TPSA) is 51.6 Å². The van der Waals surface area contributed by atoms with Crippen LogP contribution in [-0.2, 0) is 19.5 Å². The monoisotopic (exact) mass is 438 g/mol. The highest BCUT2D eigenvalue weighted by Gasteiger charge is 2.14. The first-order valence-electron chi connectivity index (χ1n) is 10.4. The number of ether oxygens (including phenoxy) is 2. The van der Waals surface area contributed by atoms with Crippen molar-refractivity contribution < 1.29 is 9.47 Å². The van der Waals surface area contributed by atoms with E-state index in [-0.39, 0.29) is 0 Å². The number of anilines is 1. The van der Waals surface area contributed by atoms with Crippen molar-refractivity contribution in [2.45, 2.75) is 32.9 Å². The fourth-order valence-electron chi connectivity index (χ4n) is 3.33. The maximum atomic E-state index is 5.79. The maximum absolute atomic E-state index is 5.79. The molecule has 164 valence electrons. The Morgan fingerprint density at radius 2 is 1.94 bits per heavy atom. The maximum Gasteiger partial charge on any atom is 0.173 e. The van der Waals surface area contributed by atoms with Crippen LogP contribution in [0.4, 0.5) is 5.69 Å². The highest BCUT2D eigenvalue weighted by molar-refractivity contribution is 7.80. The van der Waals surface area contributed by atoms with Crippen LogP contribution in [0.5, 0.6) is 11.5 Å². The Hall–Kier alpha value is -3.06. The molecule has 31 heavy (non-hydrogen) atoms. The Morgan fingerprint density at radius 1 is 1.13 bits per heavy atom. The van der Waals surface area contributed by atoms with E-state index in [0.29, 0.717) is 11.7 Å². The molecule has 0 fully saturated rings. The summed E-state index contributed by atoms with van der Waals surface area (Å²) in [4.78, 5) is 6.29. The zero-order valence-electron chi connectivity index (χ0n) is 18.4. The molecule has 0 bridgehead atoms.